The smallest absolute Gasteiger partial charge is 0.378 e. The van der Waals surface area contributed by atoms with Crippen molar-refractivity contribution < 1.29 is 17.9 Å². The van der Waals surface area contributed by atoms with Crippen LogP contribution in [-0.4, -0.2) is 52.2 Å². The van der Waals surface area contributed by atoms with Crippen molar-refractivity contribution in [2.45, 2.75) is 56.2 Å². The average Bonchev–Trinajstić information content (AvgIpc) is 2.65. The number of hydrogen-bond acceptors (Lipinski definition) is 6. The number of rotatable bonds is 5. The van der Waals surface area contributed by atoms with Crippen molar-refractivity contribution >= 4 is 11.6 Å². The normalized spacial score (nSPS) is 23.3. The second-order valence-electron chi connectivity index (χ2n) is 8.74. The largest absolute Gasteiger partial charge is 0.416 e. The molecule has 3 aliphatic rings. The third-order valence-electron chi connectivity index (χ3n) is 6.58. The zero-order chi connectivity index (χ0) is 21.4. The Hall–Kier alpha value is -2.26. The Labute approximate surface area is 179 Å². The number of ether oxygens (including phenoxy) is 1. The number of halogens is 3. The number of anilines is 2. The third-order valence-corrected chi connectivity index (χ3v) is 6.58. The van der Waals surface area contributed by atoms with E-state index in [4.69, 9.17) is 9.72 Å². The molecule has 166 valence electrons. The zero-order valence-electron chi connectivity index (χ0n) is 17.2. The number of aromatic nitrogens is 3. The van der Waals surface area contributed by atoms with Crippen molar-refractivity contribution in [3.63, 3.8) is 0 Å². The first-order chi connectivity index (χ1) is 15.0. The van der Waals surface area contributed by atoms with Gasteiger partial charge in [0, 0.05) is 30.6 Å². The molecule has 1 saturated carbocycles. The van der Waals surface area contributed by atoms with Crippen LogP contribution in [0.3, 0.4) is 0 Å². The summed E-state index contributed by atoms with van der Waals surface area (Å²) in [4.78, 5) is 16.1. The summed E-state index contributed by atoms with van der Waals surface area (Å²) in [6.07, 6.45) is 2.18. The Morgan fingerprint density at radius 2 is 1.81 bits per heavy atom. The van der Waals surface area contributed by atoms with Crippen LogP contribution in [0.25, 0.3) is 0 Å². The lowest BCUT2D eigenvalue weighted by atomic mass is 9.84. The van der Waals surface area contributed by atoms with Crippen molar-refractivity contribution in [2.24, 2.45) is 0 Å². The summed E-state index contributed by atoms with van der Waals surface area (Å²) < 4.78 is 44.6. The van der Waals surface area contributed by atoms with Gasteiger partial charge in [0.05, 0.1) is 30.5 Å². The molecule has 0 bridgehead atoms. The summed E-state index contributed by atoms with van der Waals surface area (Å²) >= 11 is 0. The maximum absolute atomic E-state index is 13.1. The summed E-state index contributed by atoms with van der Waals surface area (Å²) in [5, 5.41) is 3.00. The lowest BCUT2D eigenvalue weighted by Crippen LogP contribution is -2.52. The second-order valence-corrected chi connectivity index (χ2v) is 8.74. The number of hydrogen-bond donors (Lipinski definition) is 1. The molecule has 2 aromatic rings. The molecule has 2 aromatic heterocycles. The monoisotopic (exact) mass is 433 g/mol. The molecule has 1 N–H and O–H groups in total. The SMILES string of the molecule is FC(F)(F)c1ccnc(Nc2cc(C3CCCN(C4COC4)C3)nc(C3CCC3)n2)c1. The quantitative estimate of drug-likeness (QED) is 0.750. The first-order valence-corrected chi connectivity index (χ1v) is 11.0. The molecule has 31 heavy (non-hydrogen) atoms. The van der Waals surface area contributed by atoms with Crippen LogP contribution in [-0.2, 0) is 10.9 Å². The minimum Gasteiger partial charge on any atom is -0.378 e. The molecule has 2 saturated heterocycles. The highest BCUT2D eigenvalue weighted by Gasteiger charge is 2.33. The van der Waals surface area contributed by atoms with Crippen LogP contribution in [0.4, 0.5) is 24.8 Å². The van der Waals surface area contributed by atoms with Crippen LogP contribution in [0.5, 0.6) is 0 Å². The molecule has 2 aliphatic heterocycles. The van der Waals surface area contributed by atoms with Crippen LogP contribution < -0.4 is 5.32 Å². The standard InChI is InChI=1S/C22H26F3N5O/c23-22(24,25)16-6-7-26-19(9-16)28-20-10-18(27-21(29-20)14-3-1-4-14)15-5-2-8-30(11-15)17-12-31-13-17/h6-7,9-10,14-15,17H,1-5,8,11-13H2,(H,26,27,28,29). The van der Waals surface area contributed by atoms with E-state index >= 15 is 0 Å². The van der Waals surface area contributed by atoms with Crippen molar-refractivity contribution in [3.8, 4) is 0 Å². The molecule has 0 aromatic carbocycles. The summed E-state index contributed by atoms with van der Waals surface area (Å²) in [7, 11) is 0. The molecule has 9 heteroatoms. The maximum atomic E-state index is 13.1. The van der Waals surface area contributed by atoms with Gasteiger partial charge in [0.25, 0.3) is 0 Å². The van der Waals surface area contributed by atoms with E-state index in [1.165, 1.54) is 6.20 Å². The molecule has 1 unspecified atom stereocenters. The Bertz CT molecular complexity index is 930. The van der Waals surface area contributed by atoms with Gasteiger partial charge in [-0.15, -0.1) is 0 Å². The number of nitrogens with zero attached hydrogens (tertiary/aromatic N) is 4. The first-order valence-electron chi connectivity index (χ1n) is 11.0. The van der Waals surface area contributed by atoms with E-state index in [1.807, 2.05) is 6.07 Å². The molecule has 1 atom stereocenters. The molecule has 4 heterocycles. The Kier molecular flexibility index (Phi) is 5.56. The average molecular weight is 433 g/mol. The van der Waals surface area contributed by atoms with Crippen LogP contribution in [0.2, 0.25) is 0 Å². The van der Waals surface area contributed by atoms with Gasteiger partial charge in [0.2, 0.25) is 0 Å². The lowest BCUT2D eigenvalue weighted by Gasteiger charge is -2.42. The molecule has 0 amide bonds. The van der Waals surface area contributed by atoms with Gasteiger partial charge in [-0.2, -0.15) is 13.2 Å². The molecule has 0 radical (unpaired) electrons. The van der Waals surface area contributed by atoms with Crippen molar-refractivity contribution in [1.82, 2.24) is 19.9 Å². The number of likely N-dealkylation sites (tertiary alicyclic amines) is 1. The van der Waals surface area contributed by atoms with Crippen molar-refractivity contribution in [2.75, 3.05) is 31.6 Å². The van der Waals surface area contributed by atoms with Crippen LogP contribution in [0.15, 0.2) is 24.4 Å². The third kappa shape index (κ3) is 4.52. The summed E-state index contributed by atoms with van der Waals surface area (Å²) in [6, 6.07) is 4.36. The van der Waals surface area contributed by atoms with E-state index < -0.39 is 11.7 Å². The van der Waals surface area contributed by atoms with Gasteiger partial charge >= 0.3 is 6.18 Å². The highest BCUT2D eigenvalue weighted by atomic mass is 19.4. The van der Waals surface area contributed by atoms with E-state index in [0.717, 1.165) is 82.1 Å². The number of nitrogens with one attached hydrogen (secondary N) is 1. The van der Waals surface area contributed by atoms with Gasteiger partial charge in [0.1, 0.15) is 17.5 Å². The minimum atomic E-state index is -4.41. The number of pyridine rings is 1. The fourth-order valence-electron chi connectivity index (χ4n) is 4.43. The van der Waals surface area contributed by atoms with Gasteiger partial charge in [-0.25, -0.2) is 15.0 Å². The van der Waals surface area contributed by atoms with E-state index in [-0.39, 0.29) is 11.7 Å². The van der Waals surface area contributed by atoms with Gasteiger partial charge < -0.3 is 10.1 Å². The predicted octanol–water partition coefficient (Wildman–Crippen LogP) is 4.48. The molecular formula is C22H26F3N5O. The Balaban J connectivity index is 1.41. The van der Waals surface area contributed by atoms with Gasteiger partial charge in [-0.3, -0.25) is 4.90 Å². The van der Waals surface area contributed by atoms with E-state index in [9.17, 15) is 13.2 Å². The zero-order valence-corrected chi connectivity index (χ0v) is 17.2. The van der Waals surface area contributed by atoms with Crippen LogP contribution >= 0.6 is 0 Å². The summed E-state index contributed by atoms with van der Waals surface area (Å²) in [5.74, 6) is 2.06. The second kappa shape index (κ2) is 8.35. The number of alkyl halides is 3. The fraction of sp³-hybridized carbons (Fsp3) is 0.591. The Morgan fingerprint density at radius 3 is 2.48 bits per heavy atom. The number of piperidine rings is 1. The van der Waals surface area contributed by atoms with Gasteiger partial charge in [-0.05, 0) is 44.4 Å². The molecule has 3 fully saturated rings. The molecule has 6 nitrogen and oxygen atoms in total. The highest BCUT2D eigenvalue weighted by molar-refractivity contribution is 5.53. The lowest BCUT2D eigenvalue weighted by molar-refractivity contribution is -0.137. The van der Waals surface area contributed by atoms with E-state index in [2.05, 4.69) is 20.2 Å². The molecule has 0 spiro atoms. The molecular weight excluding hydrogens is 407 g/mol. The molecule has 5 rings (SSSR count). The highest BCUT2D eigenvalue weighted by Crippen LogP contribution is 2.37. The van der Waals surface area contributed by atoms with Crippen LogP contribution in [0, 0.1) is 0 Å². The van der Waals surface area contributed by atoms with Crippen LogP contribution in [0.1, 0.15) is 61.0 Å². The summed E-state index contributed by atoms with van der Waals surface area (Å²) in [5.41, 5.74) is 0.237. The van der Waals surface area contributed by atoms with E-state index in [1.54, 1.807) is 0 Å². The fourth-order valence-corrected chi connectivity index (χ4v) is 4.43. The van der Waals surface area contributed by atoms with Gasteiger partial charge in [0.15, 0.2) is 0 Å². The maximum Gasteiger partial charge on any atom is 0.416 e. The minimum absolute atomic E-state index is 0.135. The summed E-state index contributed by atoms with van der Waals surface area (Å²) in [6.45, 7) is 3.58. The van der Waals surface area contributed by atoms with Crippen molar-refractivity contribution in [1.29, 1.82) is 0 Å². The predicted molar refractivity (Wildman–Crippen MR) is 109 cm³/mol. The first kappa shape index (κ1) is 20.6. The molecule has 1 aliphatic carbocycles. The Morgan fingerprint density at radius 1 is 1.00 bits per heavy atom. The van der Waals surface area contributed by atoms with E-state index in [0.29, 0.717) is 17.8 Å². The topological polar surface area (TPSA) is 63.2 Å². The van der Waals surface area contributed by atoms with Gasteiger partial charge in [-0.1, -0.05) is 6.42 Å². The van der Waals surface area contributed by atoms with Crippen molar-refractivity contribution in [3.05, 3.63) is 41.5 Å².